The van der Waals surface area contributed by atoms with Gasteiger partial charge in [0, 0.05) is 18.3 Å². The third-order valence-electron chi connectivity index (χ3n) is 5.69. The Balaban J connectivity index is 1.75. The van der Waals surface area contributed by atoms with Crippen molar-refractivity contribution >= 4 is 18.2 Å². The number of imidazole rings is 1. The van der Waals surface area contributed by atoms with Crippen molar-refractivity contribution < 1.29 is 39.5 Å². The highest BCUT2D eigenvalue weighted by Crippen LogP contribution is 2.31. The Bertz CT molecular complexity index is 1090. The van der Waals surface area contributed by atoms with E-state index >= 15 is 0 Å². The van der Waals surface area contributed by atoms with E-state index in [0.29, 0.717) is 6.29 Å². The number of aromatic nitrogens is 3. The number of aldehydes is 1. The van der Waals surface area contributed by atoms with Crippen LogP contribution in [0.25, 0.3) is 0 Å². The van der Waals surface area contributed by atoms with Gasteiger partial charge >= 0.3 is 11.7 Å². The highest BCUT2D eigenvalue weighted by molar-refractivity contribution is 5.87. The molecule has 8 atom stereocenters. The van der Waals surface area contributed by atoms with Crippen LogP contribution < -0.4 is 16.7 Å². The van der Waals surface area contributed by atoms with Crippen LogP contribution in [0.15, 0.2) is 35.4 Å². The minimum Gasteiger partial charge on any atom is -0.480 e. The SMILES string of the molecule is CC(C(N)C(=O)NC(C(=O)O)C1OC(n2cc(C=O)[nH]c2=O)C(O)C1O)C(O)c1ccccn1. The number of amides is 1. The predicted molar refractivity (Wildman–Crippen MR) is 112 cm³/mol. The molecule has 184 valence electrons. The number of aliphatic hydroxyl groups excluding tert-OH is 3. The number of carbonyl (C=O) groups excluding carboxylic acids is 2. The molecule has 34 heavy (non-hydrogen) atoms. The van der Waals surface area contributed by atoms with Crippen LogP contribution in [0.5, 0.6) is 0 Å². The first-order chi connectivity index (χ1) is 16.1. The van der Waals surface area contributed by atoms with Gasteiger partial charge in [-0.25, -0.2) is 9.59 Å². The Morgan fingerprint density at radius 2 is 2.03 bits per heavy atom. The zero-order valence-electron chi connectivity index (χ0n) is 17.9. The zero-order chi connectivity index (χ0) is 25.2. The molecule has 0 aromatic carbocycles. The van der Waals surface area contributed by atoms with E-state index in [4.69, 9.17) is 10.5 Å². The smallest absolute Gasteiger partial charge is 0.329 e. The number of rotatable bonds is 9. The summed E-state index contributed by atoms with van der Waals surface area (Å²) in [5.41, 5.74) is 5.23. The number of pyridine rings is 1. The number of nitrogens with two attached hydrogens (primary N) is 1. The summed E-state index contributed by atoms with van der Waals surface area (Å²) in [5, 5.41) is 43.0. The zero-order valence-corrected chi connectivity index (χ0v) is 17.9. The first kappa shape index (κ1) is 25.2. The number of carboxylic acid groups (broad SMARTS) is 1. The second kappa shape index (κ2) is 10.2. The second-order valence-corrected chi connectivity index (χ2v) is 7.92. The highest BCUT2D eigenvalue weighted by Gasteiger charge is 2.50. The van der Waals surface area contributed by atoms with E-state index in [-0.39, 0.29) is 11.4 Å². The molecule has 1 fully saturated rings. The summed E-state index contributed by atoms with van der Waals surface area (Å²) < 4.78 is 6.21. The topological polar surface area (TPSA) is 230 Å². The normalized spacial score (nSPS) is 25.8. The van der Waals surface area contributed by atoms with E-state index in [1.165, 1.54) is 19.2 Å². The van der Waals surface area contributed by atoms with Gasteiger partial charge in [-0.3, -0.25) is 19.1 Å². The molecule has 8 N–H and O–H groups in total. The van der Waals surface area contributed by atoms with Gasteiger partial charge in [-0.15, -0.1) is 0 Å². The minimum atomic E-state index is -1.87. The molecule has 0 spiro atoms. The fourth-order valence-corrected chi connectivity index (χ4v) is 3.66. The number of hydrogen-bond acceptors (Lipinski definition) is 10. The van der Waals surface area contributed by atoms with Gasteiger partial charge in [0.2, 0.25) is 5.91 Å². The molecule has 8 unspecified atom stereocenters. The van der Waals surface area contributed by atoms with E-state index in [1.807, 2.05) is 0 Å². The number of carbonyl (C=O) groups is 3. The number of hydrogen-bond donors (Lipinski definition) is 7. The summed E-state index contributed by atoms with van der Waals surface area (Å²) in [6.07, 6.45) is -5.18. The quantitative estimate of drug-likeness (QED) is 0.182. The Labute approximate surface area is 192 Å². The summed E-state index contributed by atoms with van der Waals surface area (Å²) in [5.74, 6) is -3.45. The molecule has 0 aliphatic carbocycles. The summed E-state index contributed by atoms with van der Waals surface area (Å²) >= 11 is 0. The molecule has 2 aromatic heterocycles. The van der Waals surface area contributed by atoms with E-state index in [0.717, 1.165) is 10.8 Å². The first-order valence-corrected chi connectivity index (χ1v) is 10.2. The van der Waals surface area contributed by atoms with Gasteiger partial charge in [-0.05, 0) is 12.1 Å². The first-order valence-electron chi connectivity index (χ1n) is 10.2. The largest absolute Gasteiger partial charge is 0.480 e. The van der Waals surface area contributed by atoms with E-state index in [1.54, 1.807) is 12.1 Å². The number of aliphatic hydroxyl groups is 3. The molecule has 0 radical (unpaired) electrons. The predicted octanol–water partition coefficient (Wildman–Crippen LogP) is -2.73. The van der Waals surface area contributed by atoms with Gasteiger partial charge in [0.1, 0.15) is 24.4 Å². The third-order valence-corrected chi connectivity index (χ3v) is 5.69. The van der Waals surface area contributed by atoms with Crippen LogP contribution in [-0.4, -0.2) is 83.5 Å². The summed E-state index contributed by atoms with van der Waals surface area (Å²) in [6, 6.07) is 1.57. The van der Waals surface area contributed by atoms with Gasteiger partial charge < -0.3 is 41.2 Å². The van der Waals surface area contributed by atoms with Crippen molar-refractivity contribution in [3.8, 4) is 0 Å². The maximum absolute atomic E-state index is 12.7. The minimum absolute atomic E-state index is 0.131. The monoisotopic (exact) mass is 479 g/mol. The lowest BCUT2D eigenvalue weighted by Crippen LogP contribution is -2.57. The maximum Gasteiger partial charge on any atom is 0.329 e. The Morgan fingerprint density at radius 1 is 1.32 bits per heavy atom. The lowest BCUT2D eigenvalue weighted by molar-refractivity contribution is -0.149. The van der Waals surface area contributed by atoms with Crippen LogP contribution in [0.1, 0.15) is 35.4 Å². The average molecular weight is 479 g/mol. The Morgan fingerprint density at radius 3 is 2.59 bits per heavy atom. The molecule has 1 aliphatic heterocycles. The maximum atomic E-state index is 12.7. The summed E-state index contributed by atoms with van der Waals surface area (Å²) in [4.78, 5) is 53.7. The number of ether oxygens (including phenoxy) is 1. The number of nitrogens with one attached hydrogen (secondary N) is 2. The van der Waals surface area contributed by atoms with Crippen molar-refractivity contribution in [3.63, 3.8) is 0 Å². The number of aliphatic carboxylic acids is 1. The number of carboxylic acids is 1. The van der Waals surface area contributed by atoms with Gasteiger partial charge in [0.15, 0.2) is 18.6 Å². The standard InChI is InChI=1S/C20H25N5O9/c1-8(13(27)10-4-2-3-5-22-10)11(21)17(30)24-12(19(31)32)16-14(28)15(29)18(34-16)25-6-9(7-26)23-20(25)33/h2-8,11-16,18,27-29H,21H2,1H3,(H,23,33)(H,24,30)(H,31,32). The number of aromatic amines is 1. The molecule has 0 saturated carbocycles. The van der Waals surface area contributed by atoms with Crippen LogP contribution in [0.2, 0.25) is 0 Å². The summed E-state index contributed by atoms with van der Waals surface area (Å²) in [6.45, 7) is 1.48. The molecule has 14 heteroatoms. The molecular formula is C20H25N5O9. The second-order valence-electron chi connectivity index (χ2n) is 7.92. The summed E-state index contributed by atoms with van der Waals surface area (Å²) in [7, 11) is 0. The van der Waals surface area contributed by atoms with Crippen molar-refractivity contribution in [2.75, 3.05) is 0 Å². The van der Waals surface area contributed by atoms with Crippen molar-refractivity contribution in [3.05, 3.63) is 52.5 Å². The van der Waals surface area contributed by atoms with Crippen molar-refractivity contribution in [1.82, 2.24) is 19.9 Å². The molecule has 3 rings (SSSR count). The van der Waals surface area contributed by atoms with Crippen LogP contribution >= 0.6 is 0 Å². The Hall–Kier alpha value is -3.43. The fourth-order valence-electron chi connectivity index (χ4n) is 3.66. The number of nitrogens with zero attached hydrogens (tertiary/aromatic N) is 2. The molecule has 0 bridgehead atoms. The molecule has 2 aromatic rings. The van der Waals surface area contributed by atoms with Crippen LogP contribution in [0.4, 0.5) is 0 Å². The third kappa shape index (κ3) is 4.90. The lowest BCUT2D eigenvalue weighted by Gasteiger charge is -2.28. The molecule has 1 saturated heterocycles. The van der Waals surface area contributed by atoms with Crippen LogP contribution in [0.3, 0.4) is 0 Å². The molecular weight excluding hydrogens is 454 g/mol. The van der Waals surface area contributed by atoms with E-state index < -0.39 is 66.2 Å². The van der Waals surface area contributed by atoms with Crippen molar-refractivity contribution in [1.29, 1.82) is 0 Å². The van der Waals surface area contributed by atoms with Crippen LogP contribution in [-0.2, 0) is 14.3 Å². The van der Waals surface area contributed by atoms with Gasteiger partial charge in [-0.2, -0.15) is 0 Å². The molecule has 1 aliphatic rings. The van der Waals surface area contributed by atoms with Gasteiger partial charge in [0.05, 0.1) is 17.4 Å². The molecule has 3 heterocycles. The van der Waals surface area contributed by atoms with E-state index in [2.05, 4.69) is 15.3 Å². The highest BCUT2D eigenvalue weighted by atomic mass is 16.6. The van der Waals surface area contributed by atoms with Crippen LogP contribution in [0, 0.1) is 5.92 Å². The van der Waals surface area contributed by atoms with Gasteiger partial charge in [0.25, 0.3) is 0 Å². The number of H-pyrrole nitrogens is 1. The fraction of sp³-hybridized carbons (Fsp3) is 0.450. The van der Waals surface area contributed by atoms with E-state index in [9.17, 15) is 39.6 Å². The molecule has 14 nitrogen and oxygen atoms in total. The Kier molecular flexibility index (Phi) is 7.58. The average Bonchev–Trinajstić information content (AvgIpc) is 3.34. The van der Waals surface area contributed by atoms with Crippen molar-refractivity contribution in [2.45, 2.75) is 49.7 Å². The lowest BCUT2D eigenvalue weighted by atomic mass is 9.92. The molecule has 1 amide bonds. The van der Waals surface area contributed by atoms with Gasteiger partial charge in [-0.1, -0.05) is 13.0 Å². The van der Waals surface area contributed by atoms with Crippen molar-refractivity contribution in [2.24, 2.45) is 11.7 Å².